The predicted octanol–water partition coefficient (Wildman–Crippen LogP) is 15.7. The zero-order valence-electron chi connectivity index (χ0n) is 34.2. The van der Waals surface area contributed by atoms with Crippen LogP contribution in [-0.4, -0.2) is 9.97 Å². The van der Waals surface area contributed by atoms with Crippen molar-refractivity contribution < 1.29 is 0 Å². The van der Waals surface area contributed by atoms with E-state index in [2.05, 4.69) is 231 Å². The maximum absolute atomic E-state index is 4.98. The van der Waals surface area contributed by atoms with E-state index in [0.717, 1.165) is 50.7 Å². The number of hydrogen-bond donors (Lipinski definition) is 0. The van der Waals surface area contributed by atoms with Crippen LogP contribution in [0.2, 0.25) is 0 Å². The van der Waals surface area contributed by atoms with Gasteiger partial charge in [-0.3, -0.25) is 9.97 Å². The summed E-state index contributed by atoms with van der Waals surface area (Å²) in [6.07, 6.45) is 3.99. The highest BCUT2D eigenvalue weighted by atomic mass is 15.1. The van der Waals surface area contributed by atoms with Gasteiger partial charge in [-0.25, -0.2) is 0 Å². The molecule has 290 valence electrons. The Morgan fingerprint density at radius 3 is 1.23 bits per heavy atom. The van der Waals surface area contributed by atoms with Crippen LogP contribution < -0.4 is 4.90 Å². The molecule has 0 saturated carbocycles. The molecule has 0 aliphatic rings. The highest BCUT2D eigenvalue weighted by molar-refractivity contribution is 5.99. The minimum absolute atomic E-state index is 0.925. The number of rotatable bonds is 9. The first-order valence-electron chi connectivity index (χ1n) is 20.8. The fraction of sp³-hybridized carbons (Fsp3) is 0.0345. The molecule has 3 nitrogen and oxygen atoms in total. The summed E-state index contributed by atoms with van der Waals surface area (Å²) in [5.41, 5.74) is 18.9. The number of pyridine rings is 2. The average Bonchev–Trinajstić information content (AvgIpc) is 3.33. The Morgan fingerprint density at radius 2 is 0.721 bits per heavy atom. The van der Waals surface area contributed by atoms with E-state index < -0.39 is 0 Å². The van der Waals surface area contributed by atoms with Gasteiger partial charge in [0.15, 0.2) is 0 Å². The fourth-order valence-corrected chi connectivity index (χ4v) is 8.37. The molecule has 0 aliphatic heterocycles. The molecule has 3 heteroatoms. The third kappa shape index (κ3) is 7.62. The predicted molar refractivity (Wildman–Crippen MR) is 256 cm³/mol. The largest absolute Gasteiger partial charge is 0.310 e. The van der Waals surface area contributed by atoms with Gasteiger partial charge in [-0.15, -0.1) is 0 Å². The van der Waals surface area contributed by atoms with E-state index in [1.807, 2.05) is 12.4 Å². The number of fused-ring (bicyclic) bond motifs is 1. The first-order valence-corrected chi connectivity index (χ1v) is 20.8. The van der Waals surface area contributed by atoms with Crippen LogP contribution in [0.3, 0.4) is 0 Å². The number of nitrogens with zero attached hydrogens (tertiary/aromatic N) is 3. The maximum atomic E-state index is 4.98. The Balaban J connectivity index is 1.03. The van der Waals surface area contributed by atoms with Crippen LogP contribution >= 0.6 is 0 Å². The van der Waals surface area contributed by atoms with Gasteiger partial charge in [0.05, 0.1) is 17.1 Å². The van der Waals surface area contributed by atoms with Gasteiger partial charge in [-0.1, -0.05) is 170 Å². The molecule has 0 atom stereocenters. The molecule has 61 heavy (non-hydrogen) atoms. The highest BCUT2D eigenvalue weighted by Crippen LogP contribution is 2.42. The number of hydrogen-bond acceptors (Lipinski definition) is 3. The van der Waals surface area contributed by atoms with Crippen molar-refractivity contribution in [3.8, 4) is 67.0 Å². The fourth-order valence-electron chi connectivity index (χ4n) is 8.37. The molecule has 0 unspecified atom stereocenters. The van der Waals surface area contributed by atoms with Crippen molar-refractivity contribution in [1.29, 1.82) is 0 Å². The van der Waals surface area contributed by atoms with E-state index in [0.29, 0.717) is 0 Å². The Kier molecular flexibility index (Phi) is 10.1. The number of aryl methyl sites for hydroxylation is 2. The van der Waals surface area contributed by atoms with Crippen LogP contribution in [0.4, 0.5) is 17.1 Å². The lowest BCUT2D eigenvalue weighted by atomic mass is 9.96. The zero-order valence-corrected chi connectivity index (χ0v) is 34.2. The quantitative estimate of drug-likeness (QED) is 0.146. The molecule has 0 amide bonds. The molecule has 0 fully saturated rings. The summed E-state index contributed by atoms with van der Waals surface area (Å²) in [4.78, 5) is 12.3. The summed E-state index contributed by atoms with van der Waals surface area (Å²) >= 11 is 0. The minimum Gasteiger partial charge on any atom is -0.310 e. The van der Waals surface area contributed by atoms with E-state index in [-0.39, 0.29) is 0 Å². The maximum Gasteiger partial charge on any atom is 0.0709 e. The second-order valence-electron chi connectivity index (χ2n) is 15.6. The smallest absolute Gasteiger partial charge is 0.0709 e. The van der Waals surface area contributed by atoms with Gasteiger partial charge in [0.25, 0.3) is 0 Å². The highest BCUT2D eigenvalue weighted by Gasteiger charge is 2.18. The van der Waals surface area contributed by atoms with Crippen LogP contribution in [0.1, 0.15) is 11.1 Å². The lowest BCUT2D eigenvalue weighted by Crippen LogP contribution is -2.11. The summed E-state index contributed by atoms with van der Waals surface area (Å²) in [6, 6.07) is 75.8. The van der Waals surface area contributed by atoms with Gasteiger partial charge in [-0.2, -0.15) is 0 Å². The molecule has 0 saturated heterocycles. The minimum atomic E-state index is 0.925. The van der Waals surface area contributed by atoms with Crippen molar-refractivity contribution in [2.45, 2.75) is 13.8 Å². The van der Waals surface area contributed by atoms with Crippen molar-refractivity contribution in [3.63, 3.8) is 0 Å². The summed E-state index contributed by atoms with van der Waals surface area (Å²) in [5, 5.41) is 2.36. The molecule has 10 rings (SSSR count). The molecule has 0 spiro atoms. The van der Waals surface area contributed by atoms with Crippen LogP contribution in [0.5, 0.6) is 0 Å². The van der Waals surface area contributed by atoms with Crippen LogP contribution in [0.25, 0.3) is 77.8 Å². The molecule has 0 bridgehead atoms. The van der Waals surface area contributed by atoms with Gasteiger partial charge in [0.2, 0.25) is 0 Å². The van der Waals surface area contributed by atoms with Gasteiger partial charge in [-0.05, 0) is 117 Å². The van der Waals surface area contributed by atoms with Crippen molar-refractivity contribution in [2.24, 2.45) is 0 Å². The molecular weight excluding hydrogens is 739 g/mol. The molecule has 0 aliphatic carbocycles. The topological polar surface area (TPSA) is 29.0 Å². The normalized spacial score (nSPS) is 11.1. The van der Waals surface area contributed by atoms with E-state index >= 15 is 0 Å². The number of benzene rings is 8. The van der Waals surface area contributed by atoms with Crippen LogP contribution in [0.15, 0.2) is 225 Å². The third-order valence-electron chi connectivity index (χ3n) is 11.6. The summed E-state index contributed by atoms with van der Waals surface area (Å²) in [5.74, 6) is 0. The SMILES string of the molecule is Cc1cnc(-c2cccc(N(c3cccc(-c4cc(-c5ccc(-c6ccccc6)cc5)c(C)cn4)c3)c3cccc4ccccc34)c2)cc1-c1ccc(-c2ccccc2)cc1. The van der Waals surface area contributed by atoms with Crippen molar-refractivity contribution in [3.05, 3.63) is 236 Å². The Hall–Kier alpha value is -7.88. The first kappa shape index (κ1) is 37.4. The van der Waals surface area contributed by atoms with E-state index in [1.54, 1.807) is 0 Å². The Morgan fingerprint density at radius 1 is 0.328 bits per heavy atom. The lowest BCUT2D eigenvalue weighted by Gasteiger charge is -2.28. The summed E-state index contributed by atoms with van der Waals surface area (Å²) < 4.78 is 0. The summed E-state index contributed by atoms with van der Waals surface area (Å²) in [7, 11) is 0. The van der Waals surface area contributed by atoms with Crippen molar-refractivity contribution in [2.75, 3.05) is 4.90 Å². The van der Waals surface area contributed by atoms with Crippen molar-refractivity contribution >= 4 is 27.8 Å². The standard InChI is InChI=1S/C58H43N3/c1-40-38-59-56(36-54(40)47-30-26-44(27-31-47)42-14-5-3-6-15-42)49-20-11-22-51(34-49)61(58-25-13-19-46-18-9-10-24-53(46)58)52-23-12-21-50(35-52)57-37-55(41(2)39-60-57)48-32-28-45(29-33-48)43-16-7-4-8-17-43/h3-39H,1-2H3. The second-order valence-corrected chi connectivity index (χ2v) is 15.6. The molecule has 2 aromatic heterocycles. The number of aromatic nitrogens is 2. The van der Waals surface area contributed by atoms with E-state index in [9.17, 15) is 0 Å². The van der Waals surface area contributed by atoms with Crippen LogP contribution in [-0.2, 0) is 0 Å². The van der Waals surface area contributed by atoms with Gasteiger partial charge in [0.1, 0.15) is 0 Å². The molecule has 8 aromatic carbocycles. The number of anilines is 3. The third-order valence-corrected chi connectivity index (χ3v) is 11.6. The lowest BCUT2D eigenvalue weighted by molar-refractivity contribution is 1.25. The van der Waals surface area contributed by atoms with Gasteiger partial charge in [0, 0.05) is 40.3 Å². The molecule has 0 N–H and O–H groups in total. The van der Waals surface area contributed by atoms with Crippen LogP contribution in [0, 0.1) is 13.8 Å². The van der Waals surface area contributed by atoms with Crippen molar-refractivity contribution in [1.82, 2.24) is 9.97 Å². The molecule has 0 radical (unpaired) electrons. The second kappa shape index (κ2) is 16.4. The van der Waals surface area contributed by atoms with Gasteiger partial charge < -0.3 is 4.90 Å². The van der Waals surface area contributed by atoms with E-state index in [1.165, 1.54) is 55.3 Å². The molecule has 2 heterocycles. The first-order chi connectivity index (χ1) is 30.1. The molecular formula is C58H43N3. The Labute approximate surface area is 357 Å². The Bertz CT molecular complexity index is 2950. The average molecular weight is 782 g/mol. The summed E-state index contributed by atoms with van der Waals surface area (Å²) in [6.45, 7) is 4.27. The zero-order chi connectivity index (χ0) is 41.1. The van der Waals surface area contributed by atoms with E-state index in [4.69, 9.17) is 9.97 Å². The molecule has 10 aromatic rings. The monoisotopic (exact) mass is 781 g/mol. The van der Waals surface area contributed by atoms with Gasteiger partial charge >= 0.3 is 0 Å².